The van der Waals surface area contributed by atoms with E-state index >= 15 is 0 Å². The summed E-state index contributed by atoms with van der Waals surface area (Å²) in [7, 11) is 0. The highest BCUT2D eigenvalue weighted by molar-refractivity contribution is 6.04. The van der Waals surface area contributed by atoms with Crippen LogP contribution in [0.15, 0.2) is 0 Å². The molecule has 1 N–H and O–H groups in total. The van der Waals surface area contributed by atoms with Gasteiger partial charge in [-0.3, -0.25) is 10.1 Å². The number of carbonyl (C=O) groups excluding carboxylic acids is 2. The molecule has 4 heteroatoms. The third-order valence-corrected chi connectivity index (χ3v) is 2.69. The van der Waals surface area contributed by atoms with E-state index in [9.17, 15) is 9.59 Å². The molecular formula is C8H12N2O2. The molecule has 2 fully saturated rings. The van der Waals surface area contributed by atoms with Crippen molar-refractivity contribution in [1.29, 1.82) is 0 Å². The predicted molar refractivity (Wildman–Crippen MR) is 42.4 cm³/mol. The van der Waals surface area contributed by atoms with E-state index < -0.39 is 0 Å². The first-order valence-corrected chi connectivity index (χ1v) is 4.31. The Morgan fingerprint density at radius 2 is 2.25 bits per heavy atom. The van der Waals surface area contributed by atoms with Crippen molar-refractivity contribution >= 4 is 11.9 Å². The van der Waals surface area contributed by atoms with Crippen molar-refractivity contribution in [3.8, 4) is 0 Å². The topological polar surface area (TPSA) is 49.4 Å². The Morgan fingerprint density at radius 1 is 1.50 bits per heavy atom. The zero-order valence-corrected chi connectivity index (χ0v) is 7.04. The molecule has 0 saturated carbocycles. The summed E-state index contributed by atoms with van der Waals surface area (Å²) >= 11 is 0. The number of nitrogens with zero attached hydrogens (tertiary/aromatic N) is 1. The van der Waals surface area contributed by atoms with Crippen molar-refractivity contribution in [2.45, 2.75) is 25.8 Å². The monoisotopic (exact) mass is 168 g/mol. The summed E-state index contributed by atoms with van der Waals surface area (Å²) in [6.45, 7) is 2.75. The molecule has 0 bridgehead atoms. The Labute approximate surface area is 70.9 Å². The molecule has 2 rings (SSSR count). The van der Waals surface area contributed by atoms with Crippen molar-refractivity contribution in [2.75, 3.05) is 6.54 Å². The van der Waals surface area contributed by atoms with Gasteiger partial charge in [-0.1, -0.05) is 6.92 Å². The zero-order valence-electron chi connectivity index (χ0n) is 7.04. The Bertz CT molecular complexity index is 239. The second-order valence-corrected chi connectivity index (χ2v) is 3.55. The number of piperidine rings is 1. The number of imide groups is 1. The van der Waals surface area contributed by atoms with Crippen molar-refractivity contribution in [3.05, 3.63) is 0 Å². The van der Waals surface area contributed by atoms with Crippen LogP contribution in [0, 0.1) is 5.92 Å². The summed E-state index contributed by atoms with van der Waals surface area (Å²) in [5, 5.41) is 2.34. The van der Waals surface area contributed by atoms with Gasteiger partial charge < -0.3 is 4.90 Å². The standard InChI is InChI=1S/C8H12N2O2/c1-5-3-2-4-10-6(5)7(11)9-8(10)12/h5-6H,2-4H2,1H3,(H,9,11,12). The van der Waals surface area contributed by atoms with E-state index in [2.05, 4.69) is 5.32 Å². The molecule has 0 aromatic heterocycles. The fourth-order valence-corrected chi connectivity index (χ4v) is 2.07. The van der Waals surface area contributed by atoms with Gasteiger partial charge in [0.05, 0.1) is 0 Å². The summed E-state index contributed by atoms with van der Waals surface area (Å²) in [6, 6.07) is -0.400. The molecule has 0 radical (unpaired) electrons. The molecule has 66 valence electrons. The van der Waals surface area contributed by atoms with Crippen LogP contribution in [-0.4, -0.2) is 29.4 Å². The van der Waals surface area contributed by atoms with Gasteiger partial charge in [-0.25, -0.2) is 4.79 Å². The minimum absolute atomic E-state index is 0.118. The average Bonchev–Trinajstić information content (AvgIpc) is 2.29. The first kappa shape index (κ1) is 7.58. The normalized spacial score (nSPS) is 34.9. The van der Waals surface area contributed by atoms with Gasteiger partial charge in [-0.05, 0) is 18.8 Å². The molecule has 2 aliphatic rings. The van der Waals surface area contributed by atoms with Gasteiger partial charge in [0.15, 0.2) is 0 Å². The van der Waals surface area contributed by atoms with E-state index in [1.54, 1.807) is 4.90 Å². The first-order chi connectivity index (χ1) is 5.70. The highest BCUT2D eigenvalue weighted by atomic mass is 16.2. The minimum atomic E-state index is -0.212. The zero-order chi connectivity index (χ0) is 8.72. The second kappa shape index (κ2) is 2.47. The maximum absolute atomic E-state index is 11.3. The Morgan fingerprint density at radius 3 is 2.92 bits per heavy atom. The van der Waals surface area contributed by atoms with Crippen LogP contribution in [0.5, 0.6) is 0 Å². The lowest BCUT2D eigenvalue weighted by Gasteiger charge is -2.31. The van der Waals surface area contributed by atoms with Gasteiger partial charge in [-0.15, -0.1) is 0 Å². The van der Waals surface area contributed by atoms with Crippen molar-refractivity contribution in [2.24, 2.45) is 5.92 Å². The maximum Gasteiger partial charge on any atom is 0.324 e. The van der Waals surface area contributed by atoms with Crippen LogP contribution in [0.3, 0.4) is 0 Å². The van der Waals surface area contributed by atoms with Crippen molar-refractivity contribution < 1.29 is 9.59 Å². The summed E-state index contributed by atoms with van der Waals surface area (Å²) in [5.74, 6) is 0.192. The number of fused-ring (bicyclic) bond motifs is 1. The number of urea groups is 1. The molecule has 0 aromatic carbocycles. The highest BCUT2D eigenvalue weighted by Crippen LogP contribution is 2.26. The number of rotatable bonds is 0. The van der Waals surface area contributed by atoms with Crippen LogP contribution >= 0.6 is 0 Å². The molecule has 2 saturated heterocycles. The van der Waals surface area contributed by atoms with Gasteiger partial charge in [0.2, 0.25) is 0 Å². The Kier molecular flexibility index (Phi) is 1.56. The van der Waals surface area contributed by atoms with E-state index in [0.29, 0.717) is 5.92 Å². The fourth-order valence-electron chi connectivity index (χ4n) is 2.07. The molecular weight excluding hydrogens is 156 g/mol. The smallest absolute Gasteiger partial charge is 0.312 e. The van der Waals surface area contributed by atoms with Gasteiger partial charge in [0.25, 0.3) is 5.91 Å². The number of carbonyl (C=O) groups is 2. The quantitative estimate of drug-likeness (QED) is 0.530. The van der Waals surface area contributed by atoms with Crippen LogP contribution < -0.4 is 5.32 Å². The van der Waals surface area contributed by atoms with Crippen molar-refractivity contribution in [3.63, 3.8) is 0 Å². The van der Waals surface area contributed by atoms with E-state index in [0.717, 1.165) is 19.4 Å². The van der Waals surface area contributed by atoms with Crippen LogP contribution in [-0.2, 0) is 4.79 Å². The molecule has 2 unspecified atom stereocenters. The summed E-state index contributed by atoms with van der Waals surface area (Å²) < 4.78 is 0. The third kappa shape index (κ3) is 0.906. The lowest BCUT2D eigenvalue weighted by atomic mass is 9.92. The number of hydrogen-bond donors (Lipinski definition) is 1. The highest BCUT2D eigenvalue weighted by Gasteiger charge is 2.43. The molecule has 4 nitrogen and oxygen atoms in total. The summed E-state index contributed by atoms with van der Waals surface area (Å²) in [6.07, 6.45) is 2.06. The Balaban J connectivity index is 2.24. The molecule has 2 heterocycles. The molecule has 2 aliphatic heterocycles. The predicted octanol–water partition coefficient (Wildman–Crippen LogP) is 0.337. The number of hydrogen-bond acceptors (Lipinski definition) is 2. The number of amides is 3. The summed E-state index contributed by atoms with van der Waals surface area (Å²) in [4.78, 5) is 24.1. The van der Waals surface area contributed by atoms with E-state index in [1.165, 1.54) is 0 Å². The summed E-state index contributed by atoms with van der Waals surface area (Å²) in [5.41, 5.74) is 0. The number of nitrogens with one attached hydrogen (secondary N) is 1. The lowest BCUT2D eigenvalue weighted by molar-refractivity contribution is -0.123. The largest absolute Gasteiger partial charge is 0.324 e. The molecule has 0 aliphatic carbocycles. The van der Waals surface area contributed by atoms with Gasteiger partial charge in [0.1, 0.15) is 6.04 Å². The first-order valence-electron chi connectivity index (χ1n) is 4.31. The minimum Gasteiger partial charge on any atom is -0.312 e. The van der Waals surface area contributed by atoms with Crippen LogP contribution in [0.1, 0.15) is 19.8 Å². The molecule has 0 aromatic rings. The van der Waals surface area contributed by atoms with Crippen LogP contribution in [0.2, 0.25) is 0 Å². The van der Waals surface area contributed by atoms with E-state index in [4.69, 9.17) is 0 Å². The van der Waals surface area contributed by atoms with Crippen LogP contribution in [0.25, 0.3) is 0 Å². The Hall–Kier alpha value is -1.06. The van der Waals surface area contributed by atoms with Crippen LogP contribution in [0.4, 0.5) is 4.79 Å². The molecule has 12 heavy (non-hydrogen) atoms. The van der Waals surface area contributed by atoms with Gasteiger partial charge in [0, 0.05) is 6.54 Å². The second-order valence-electron chi connectivity index (χ2n) is 3.55. The third-order valence-electron chi connectivity index (χ3n) is 2.69. The maximum atomic E-state index is 11.3. The fraction of sp³-hybridized carbons (Fsp3) is 0.750. The van der Waals surface area contributed by atoms with Gasteiger partial charge >= 0.3 is 6.03 Å². The molecule has 3 amide bonds. The molecule has 2 atom stereocenters. The molecule has 0 spiro atoms. The van der Waals surface area contributed by atoms with E-state index in [1.807, 2.05) is 6.92 Å². The van der Waals surface area contributed by atoms with E-state index in [-0.39, 0.29) is 18.0 Å². The van der Waals surface area contributed by atoms with Gasteiger partial charge in [-0.2, -0.15) is 0 Å². The SMILES string of the molecule is CC1CCCN2C(=O)NC(=O)C12. The lowest BCUT2D eigenvalue weighted by Crippen LogP contribution is -2.44. The average molecular weight is 168 g/mol. The van der Waals surface area contributed by atoms with Crippen molar-refractivity contribution in [1.82, 2.24) is 10.2 Å².